The Balaban J connectivity index is 1.79. The molecule has 28 heavy (non-hydrogen) atoms. The summed E-state index contributed by atoms with van der Waals surface area (Å²) >= 11 is 12.6. The summed E-state index contributed by atoms with van der Waals surface area (Å²) in [5.41, 5.74) is 1.77. The van der Waals surface area contributed by atoms with Crippen molar-refractivity contribution < 1.29 is 4.74 Å². The molecule has 9 nitrogen and oxygen atoms in total. The molecule has 0 radical (unpaired) electrons. The van der Waals surface area contributed by atoms with Gasteiger partial charge in [-0.3, -0.25) is 0 Å². The summed E-state index contributed by atoms with van der Waals surface area (Å²) in [5, 5.41) is 12.7. The number of H-pyrrole nitrogens is 1. The molecule has 0 atom stereocenters. The molecule has 11 heteroatoms. The van der Waals surface area contributed by atoms with Crippen molar-refractivity contribution in [2.45, 2.75) is 0 Å². The number of aromatic nitrogens is 6. The van der Waals surface area contributed by atoms with Crippen LogP contribution in [-0.2, 0) is 0 Å². The third kappa shape index (κ3) is 3.26. The van der Waals surface area contributed by atoms with Gasteiger partial charge in [-0.05, 0) is 12.1 Å². The minimum Gasteiger partial charge on any atom is -0.481 e. The number of anilines is 2. The van der Waals surface area contributed by atoms with E-state index in [1.165, 1.54) is 31.9 Å². The monoisotopic (exact) mass is 412 g/mol. The van der Waals surface area contributed by atoms with Gasteiger partial charge in [-0.2, -0.15) is 5.26 Å². The minimum absolute atomic E-state index is 0.297. The highest BCUT2D eigenvalue weighted by Crippen LogP contribution is 2.35. The highest BCUT2D eigenvalue weighted by atomic mass is 35.5. The molecule has 138 valence electrons. The molecule has 0 saturated heterocycles. The summed E-state index contributed by atoms with van der Waals surface area (Å²) in [4.78, 5) is 24.1. The maximum atomic E-state index is 9.04. The third-order valence-corrected chi connectivity index (χ3v) is 4.39. The first-order valence-corrected chi connectivity index (χ1v) is 8.58. The number of hydrogen-bond donors (Lipinski definition) is 2. The predicted molar refractivity (Wildman–Crippen MR) is 104 cm³/mol. The van der Waals surface area contributed by atoms with Crippen LogP contribution in [0.3, 0.4) is 0 Å². The number of benzene rings is 1. The van der Waals surface area contributed by atoms with Gasteiger partial charge >= 0.3 is 0 Å². The zero-order chi connectivity index (χ0) is 19.7. The SMILES string of the molecule is COc1cc(Nc2ncnc3nc(-c4c(Cl)cc(C#N)cc4Cl)[nH]c23)ncn1. The Labute approximate surface area is 168 Å². The lowest BCUT2D eigenvalue weighted by Crippen LogP contribution is -1.99. The van der Waals surface area contributed by atoms with Crippen molar-refractivity contribution >= 4 is 46.0 Å². The van der Waals surface area contributed by atoms with E-state index in [9.17, 15) is 0 Å². The normalized spacial score (nSPS) is 10.6. The second-order valence-corrected chi connectivity index (χ2v) is 6.32. The van der Waals surface area contributed by atoms with Crippen molar-refractivity contribution in [2.24, 2.45) is 0 Å². The number of halogens is 2. The van der Waals surface area contributed by atoms with E-state index < -0.39 is 0 Å². The van der Waals surface area contributed by atoms with Crippen molar-refractivity contribution in [3.05, 3.63) is 46.5 Å². The first-order valence-electron chi connectivity index (χ1n) is 7.82. The van der Waals surface area contributed by atoms with E-state index in [2.05, 4.69) is 35.2 Å². The maximum Gasteiger partial charge on any atom is 0.218 e. The predicted octanol–water partition coefficient (Wildman–Crippen LogP) is 3.74. The lowest BCUT2D eigenvalue weighted by molar-refractivity contribution is 0.397. The Morgan fingerprint density at radius 3 is 2.54 bits per heavy atom. The Kier molecular flexibility index (Phi) is 4.65. The molecule has 0 unspecified atom stereocenters. The van der Waals surface area contributed by atoms with Crippen LogP contribution in [0.15, 0.2) is 30.9 Å². The molecule has 3 heterocycles. The van der Waals surface area contributed by atoms with Gasteiger partial charge in [0.15, 0.2) is 11.5 Å². The van der Waals surface area contributed by atoms with Crippen LogP contribution in [0.25, 0.3) is 22.6 Å². The van der Waals surface area contributed by atoms with Gasteiger partial charge in [-0.25, -0.2) is 24.9 Å². The summed E-state index contributed by atoms with van der Waals surface area (Å²) in [7, 11) is 1.52. The van der Waals surface area contributed by atoms with Gasteiger partial charge in [0.1, 0.15) is 29.8 Å². The molecule has 0 spiro atoms. The molecular formula is C17H10Cl2N8O. The lowest BCUT2D eigenvalue weighted by Gasteiger charge is -2.06. The van der Waals surface area contributed by atoms with Gasteiger partial charge in [-0.1, -0.05) is 23.2 Å². The van der Waals surface area contributed by atoms with Crippen LogP contribution in [0.1, 0.15) is 5.56 Å². The van der Waals surface area contributed by atoms with Crippen molar-refractivity contribution in [1.29, 1.82) is 5.26 Å². The molecule has 3 aromatic heterocycles. The first kappa shape index (κ1) is 17.9. The van der Waals surface area contributed by atoms with E-state index in [-0.39, 0.29) is 0 Å². The number of nitrogens with zero attached hydrogens (tertiary/aromatic N) is 6. The van der Waals surface area contributed by atoms with Crippen LogP contribution in [0.5, 0.6) is 5.88 Å². The number of fused-ring (bicyclic) bond motifs is 1. The fourth-order valence-electron chi connectivity index (χ4n) is 2.55. The van der Waals surface area contributed by atoms with E-state index in [0.29, 0.717) is 55.7 Å². The van der Waals surface area contributed by atoms with Crippen LogP contribution < -0.4 is 10.1 Å². The van der Waals surface area contributed by atoms with Crippen LogP contribution in [0.4, 0.5) is 11.6 Å². The summed E-state index contributed by atoms with van der Waals surface area (Å²) in [6.45, 7) is 0. The maximum absolute atomic E-state index is 9.04. The lowest BCUT2D eigenvalue weighted by atomic mass is 10.1. The standard InChI is InChI=1S/C17H10Cl2N8O/c1-28-12-4-11(21-6-22-12)25-16-14-17(24-7-23-16)27-15(26-14)13-9(18)2-8(5-20)3-10(13)19/h2-4,6-7H,1H3,(H2,21,22,23,24,25,26,27). The fraction of sp³-hybridized carbons (Fsp3) is 0.0588. The topological polar surface area (TPSA) is 125 Å². The van der Waals surface area contributed by atoms with E-state index in [1.54, 1.807) is 6.07 Å². The Morgan fingerprint density at radius 2 is 1.82 bits per heavy atom. The summed E-state index contributed by atoms with van der Waals surface area (Å²) in [6, 6.07) is 6.67. The number of methoxy groups -OCH3 is 1. The van der Waals surface area contributed by atoms with Gasteiger partial charge < -0.3 is 15.0 Å². The molecular weight excluding hydrogens is 403 g/mol. The number of nitriles is 1. The number of aromatic amines is 1. The van der Waals surface area contributed by atoms with Crippen molar-refractivity contribution in [3.8, 4) is 23.3 Å². The van der Waals surface area contributed by atoms with Crippen molar-refractivity contribution in [3.63, 3.8) is 0 Å². The van der Waals surface area contributed by atoms with Gasteiger partial charge in [0.2, 0.25) is 5.88 Å². The van der Waals surface area contributed by atoms with E-state index in [0.717, 1.165) is 0 Å². The van der Waals surface area contributed by atoms with Gasteiger partial charge in [-0.15, -0.1) is 0 Å². The molecule has 0 aliphatic rings. The second-order valence-electron chi connectivity index (χ2n) is 5.50. The van der Waals surface area contributed by atoms with E-state index in [4.69, 9.17) is 33.2 Å². The average Bonchev–Trinajstić information content (AvgIpc) is 3.12. The minimum atomic E-state index is 0.297. The molecule has 1 aromatic carbocycles. The number of ether oxygens (including phenoxy) is 1. The zero-order valence-electron chi connectivity index (χ0n) is 14.2. The molecule has 0 aliphatic heterocycles. The Hall–Kier alpha value is -3.48. The third-order valence-electron chi connectivity index (χ3n) is 3.79. The second kappa shape index (κ2) is 7.26. The Morgan fingerprint density at radius 1 is 1.07 bits per heavy atom. The fourth-order valence-corrected chi connectivity index (χ4v) is 3.21. The summed E-state index contributed by atoms with van der Waals surface area (Å²) < 4.78 is 5.09. The van der Waals surface area contributed by atoms with Crippen LogP contribution in [0, 0.1) is 11.3 Å². The number of imidazole rings is 1. The van der Waals surface area contributed by atoms with E-state index in [1.807, 2.05) is 6.07 Å². The van der Waals surface area contributed by atoms with E-state index >= 15 is 0 Å². The number of nitrogens with one attached hydrogen (secondary N) is 2. The Bertz CT molecular complexity index is 1210. The molecule has 2 N–H and O–H groups in total. The molecule has 0 bridgehead atoms. The molecule has 0 amide bonds. The molecule has 0 saturated carbocycles. The molecule has 0 fully saturated rings. The smallest absolute Gasteiger partial charge is 0.218 e. The van der Waals surface area contributed by atoms with Gasteiger partial charge in [0, 0.05) is 6.07 Å². The summed E-state index contributed by atoms with van der Waals surface area (Å²) in [5.74, 6) is 1.74. The molecule has 4 rings (SSSR count). The molecule has 0 aliphatic carbocycles. The highest BCUT2D eigenvalue weighted by molar-refractivity contribution is 6.39. The van der Waals surface area contributed by atoms with Crippen LogP contribution in [-0.4, -0.2) is 37.0 Å². The number of hydrogen-bond acceptors (Lipinski definition) is 8. The first-order chi connectivity index (χ1) is 13.6. The summed E-state index contributed by atoms with van der Waals surface area (Å²) in [6.07, 6.45) is 2.74. The van der Waals surface area contributed by atoms with Crippen LogP contribution >= 0.6 is 23.2 Å². The number of rotatable bonds is 4. The largest absolute Gasteiger partial charge is 0.481 e. The average molecular weight is 413 g/mol. The van der Waals surface area contributed by atoms with Gasteiger partial charge in [0.25, 0.3) is 0 Å². The zero-order valence-corrected chi connectivity index (χ0v) is 15.7. The van der Waals surface area contributed by atoms with Crippen LogP contribution in [0.2, 0.25) is 10.0 Å². The molecule has 4 aromatic rings. The van der Waals surface area contributed by atoms with Crippen molar-refractivity contribution in [2.75, 3.05) is 12.4 Å². The van der Waals surface area contributed by atoms with Gasteiger partial charge in [0.05, 0.1) is 34.4 Å². The highest BCUT2D eigenvalue weighted by Gasteiger charge is 2.17. The van der Waals surface area contributed by atoms with Crippen molar-refractivity contribution in [1.82, 2.24) is 29.9 Å². The quantitative estimate of drug-likeness (QED) is 0.518.